The van der Waals surface area contributed by atoms with Crippen LogP contribution < -0.4 is 4.43 Å². The third kappa shape index (κ3) is 5.15. The molecule has 0 fully saturated rings. The van der Waals surface area contributed by atoms with Gasteiger partial charge in [0, 0.05) is 11.6 Å². The summed E-state index contributed by atoms with van der Waals surface area (Å²) < 4.78 is 20.3. The fourth-order valence-corrected chi connectivity index (χ4v) is 3.58. The minimum atomic E-state index is -1.60. The molecule has 22 heavy (non-hydrogen) atoms. The maximum atomic E-state index is 14.5. The van der Waals surface area contributed by atoms with Crippen molar-refractivity contribution in [3.63, 3.8) is 0 Å². The molecule has 0 amide bonds. The van der Waals surface area contributed by atoms with E-state index < -0.39 is 22.9 Å². The lowest BCUT2D eigenvalue weighted by molar-refractivity contribution is 0.511. The van der Waals surface area contributed by atoms with Crippen molar-refractivity contribution in [1.29, 1.82) is 0 Å². The fourth-order valence-electron chi connectivity index (χ4n) is 1.96. The largest absolute Gasteiger partial charge is 0.542 e. The highest BCUT2D eigenvalue weighted by Gasteiger charge is 2.27. The summed E-state index contributed by atoms with van der Waals surface area (Å²) in [7, 11) is -2.61. The summed E-state index contributed by atoms with van der Waals surface area (Å²) in [5.74, 6) is 3.12. The molecule has 0 aliphatic heterocycles. The smallest absolute Gasteiger partial charge is 0.274 e. The predicted octanol–water partition coefficient (Wildman–Crippen LogP) is 5.64. The van der Waals surface area contributed by atoms with Gasteiger partial charge in [0.2, 0.25) is 0 Å². The van der Waals surface area contributed by atoms with Crippen LogP contribution in [0.15, 0.2) is 6.07 Å². The van der Waals surface area contributed by atoms with Crippen LogP contribution in [0, 0.1) is 17.3 Å². The molecule has 121 valence electrons. The van der Waals surface area contributed by atoms with E-state index in [-0.39, 0.29) is 5.41 Å². The van der Waals surface area contributed by atoms with Crippen LogP contribution in [0.4, 0.5) is 4.39 Å². The summed E-state index contributed by atoms with van der Waals surface area (Å²) in [6.07, 6.45) is 0. The summed E-state index contributed by atoms with van der Waals surface area (Å²) in [4.78, 5) is 0. The third-order valence-corrected chi connectivity index (χ3v) is 4.69. The van der Waals surface area contributed by atoms with Crippen molar-refractivity contribution < 1.29 is 8.82 Å². The Morgan fingerprint density at radius 1 is 1.23 bits per heavy atom. The minimum Gasteiger partial charge on any atom is -0.542 e. The molecule has 0 heterocycles. The molecule has 5 heteroatoms. The van der Waals surface area contributed by atoms with Crippen LogP contribution in [0.3, 0.4) is 0 Å². The zero-order valence-corrected chi connectivity index (χ0v) is 17.5. The normalized spacial score (nSPS) is 12.1. The second-order valence-corrected chi connectivity index (χ2v) is 14.8. The Morgan fingerprint density at radius 3 is 2.18 bits per heavy atom. The first-order valence-corrected chi connectivity index (χ1v) is 13.6. The molecule has 0 spiro atoms. The molecule has 0 saturated carbocycles. The van der Waals surface area contributed by atoms with E-state index in [1.54, 1.807) is 0 Å². The number of halogens is 2. The molecule has 0 atom stereocenters. The highest BCUT2D eigenvalue weighted by Crippen LogP contribution is 2.40. The zero-order valence-electron chi connectivity index (χ0n) is 14.7. The average Bonchev–Trinajstić information content (AvgIpc) is 2.23. The van der Waals surface area contributed by atoms with Crippen molar-refractivity contribution >= 4 is 28.7 Å². The first kappa shape index (κ1) is 19.3. The molecular weight excluding hydrogens is 331 g/mol. The molecule has 0 saturated heterocycles. The van der Waals surface area contributed by atoms with Gasteiger partial charge in [0.15, 0.2) is 0 Å². The van der Waals surface area contributed by atoms with Crippen molar-refractivity contribution in [3.8, 4) is 17.2 Å². The first-order chi connectivity index (χ1) is 9.83. The molecule has 0 aromatic heterocycles. The van der Waals surface area contributed by atoms with Crippen molar-refractivity contribution in [3.05, 3.63) is 28.0 Å². The number of hydrogen-bond donors (Lipinski definition) is 0. The maximum absolute atomic E-state index is 14.5. The molecule has 0 bridgehead atoms. The third-order valence-electron chi connectivity index (χ3n) is 2.81. The quantitative estimate of drug-likeness (QED) is 0.493. The van der Waals surface area contributed by atoms with Crippen LogP contribution in [-0.4, -0.2) is 17.1 Å². The minimum absolute atomic E-state index is 0.243. The molecule has 1 radical (unpaired) electrons. The fraction of sp³-hybridized carbons (Fsp3) is 0.529. The van der Waals surface area contributed by atoms with Gasteiger partial charge in [-0.15, -0.1) is 5.54 Å². The van der Waals surface area contributed by atoms with Gasteiger partial charge in [-0.2, -0.15) is 0 Å². The first-order valence-electron chi connectivity index (χ1n) is 7.36. The number of benzene rings is 1. The van der Waals surface area contributed by atoms with Crippen molar-refractivity contribution in [2.75, 3.05) is 0 Å². The highest BCUT2D eigenvalue weighted by molar-refractivity contribution is 6.83. The second-order valence-electron chi connectivity index (χ2n) is 7.68. The van der Waals surface area contributed by atoms with Crippen molar-refractivity contribution in [2.24, 2.45) is 0 Å². The van der Waals surface area contributed by atoms with Gasteiger partial charge in [-0.1, -0.05) is 57.9 Å². The Labute approximate surface area is 142 Å². The lowest BCUT2D eigenvalue weighted by atomic mass is 9.85. The van der Waals surface area contributed by atoms with Gasteiger partial charge in [-0.05, 0) is 18.5 Å². The SMILES string of the molecule is C[Si](C)Oc1cc(F)c(C#C[Si](C)(C)C)c(Cl)c1C(C)(C)C. The van der Waals surface area contributed by atoms with Crippen LogP contribution in [-0.2, 0) is 5.41 Å². The summed E-state index contributed by atoms with van der Waals surface area (Å²) in [6, 6.07) is 1.44. The molecule has 1 rings (SSSR count). The summed E-state index contributed by atoms with van der Waals surface area (Å²) in [5.41, 5.74) is 4.07. The van der Waals surface area contributed by atoms with E-state index in [9.17, 15) is 4.39 Å². The Kier molecular flexibility index (Phi) is 5.94. The van der Waals surface area contributed by atoms with E-state index in [0.717, 1.165) is 5.56 Å². The highest BCUT2D eigenvalue weighted by atomic mass is 35.5. The molecule has 0 N–H and O–H groups in total. The maximum Gasteiger partial charge on any atom is 0.274 e. The number of rotatable bonds is 2. The predicted molar refractivity (Wildman–Crippen MR) is 98.4 cm³/mol. The van der Waals surface area contributed by atoms with E-state index in [4.69, 9.17) is 16.0 Å². The van der Waals surface area contributed by atoms with Gasteiger partial charge >= 0.3 is 0 Å². The van der Waals surface area contributed by atoms with Gasteiger partial charge in [-0.25, -0.2) is 4.39 Å². The van der Waals surface area contributed by atoms with Gasteiger partial charge in [0.05, 0.1) is 10.6 Å². The molecule has 0 aliphatic rings. The van der Waals surface area contributed by atoms with E-state index in [1.807, 2.05) is 33.9 Å². The lowest BCUT2D eigenvalue weighted by Crippen LogP contribution is -2.20. The summed E-state index contributed by atoms with van der Waals surface area (Å²) in [6.45, 7) is 16.5. The monoisotopic (exact) mass is 355 g/mol. The van der Waals surface area contributed by atoms with E-state index >= 15 is 0 Å². The van der Waals surface area contributed by atoms with E-state index in [2.05, 4.69) is 31.1 Å². The Morgan fingerprint density at radius 2 is 1.77 bits per heavy atom. The van der Waals surface area contributed by atoms with Crippen LogP contribution in [0.2, 0.25) is 37.8 Å². The lowest BCUT2D eigenvalue weighted by Gasteiger charge is -2.26. The molecular formula is C17H25ClFOSi2. The van der Waals surface area contributed by atoms with Crippen LogP contribution in [0.1, 0.15) is 31.9 Å². The van der Waals surface area contributed by atoms with Crippen LogP contribution in [0.25, 0.3) is 0 Å². The Hall–Kier alpha value is -0.766. The van der Waals surface area contributed by atoms with E-state index in [1.165, 1.54) is 6.07 Å². The van der Waals surface area contributed by atoms with Gasteiger partial charge in [0.1, 0.15) is 19.6 Å². The van der Waals surface area contributed by atoms with Gasteiger partial charge < -0.3 is 4.43 Å². The molecule has 0 unspecified atom stereocenters. The topological polar surface area (TPSA) is 9.23 Å². The van der Waals surface area contributed by atoms with Crippen molar-refractivity contribution in [2.45, 2.75) is 58.9 Å². The second kappa shape index (κ2) is 6.78. The Bertz CT molecular complexity index is 617. The van der Waals surface area contributed by atoms with Crippen LogP contribution >= 0.6 is 11.6 Å². The van der Waals surface area contributed by atoms with Gasteiger partial charge in [-0.3, -0.25) is 0 Å². The van der Waals surface area contributed by atoms with Gasteiger partial charge in [0.25, 0.3) is 9.04 Å². The molecule has 0 aliphatic carbocycles. The zero-order chi connectivity index (χ0) is 17.3. The molecule has 1 nitrogen and oxygen atoms in total. The van der Waals surface area contributed by atoms with Crippen LogP contribution in [0.5, 0.6) is 5.75 Å². The summed E-state index contributed by atoms with van der Waals surface area (Å²) in [5, 5.41) is 0.386. The molecule has 1 aromatic rings. The number of hydrogen-bond acceptors (Lipinski definition) is 1. The van der Waals surface area contributed by atoms with Crippen molar-refractivity contribution in [1.82, 2.24) is 0 Å². The Balaban J connectivity index is 3.60. The average molecular weight is 356 g/mol. The van der Waals surface area contributed by atoms with E-state index in [0.29, 0.717) is 16.3 Å². The standard InChI is InChI=1S/C17H25ClFOSi2/c1-17(2,3)15-14(20-21(4)5)11-13(19)12(16(15)18)9-10-22(6,7)8/h11H,1-8H3. The summed E-state index contributed by atoms with van der Waals surface area (Å²) >= 11 is 6.52. The molecule has 1 aromatic carbocycles.